The molecule has 66 valence electrons. The number of carbonyl (C=O) groups is 1. The normalized spacial score (nSPS) is 9.08. The minimum atomic E-state index is 0.0896. The van der Waals surface area contributed by atoms with E-state index in [2.05, 4.69) is 12.3 Å². The van der Waals surface area contributed by atoms with E-state index in [-0.39, 0.29) is 5.78 Å². The van der Waals surface area contributed by atoms with Crippen LogP contribution in [-0.4, -0.2) is 5.78 Å². The highest BCUT2D eigenvalue weighted by Crippen LogP contribution is 2.13. The van der Waals surface area contributed by atoms with E-state index >= 15 is 0 Å². The molecule has 0 aliphatic heterocycles. The third kappa shape index (κ3) is 2.17. The van der Waals surface area contributed by atoms with Crippen molar-refractivity contribution in [1.29, 1.82) is 0 Å². The van der Waals surface area contributed by atoms with Crippen molar-refractivity contribution in [3.8, 4) is 0 Å². The molecule has 13 heavy (non-hydrogen) atoms. The van der Waals surface area contributed by atoms with Gasteiger partial charge in [0.25, 0.3) is 0 Å². The molecule has 1 nitrogen and oxygen atoms in total. The third-order valence-corrected chi connectivity index (χ3v) is 1.99. The number of rotatable bonds is 2. The summed E-state index contributed by atoms with van der Waals surface area (Å²) in [6.45, 7) is 7.07. The first-order valence-electron chi connectivity index (χ1n) is 4.13. The number of benzene rings is 1. The van der Waals surface area contributed by atoms with Crippen LogP contribution >= 0.6 is 0 Å². The highest BCUT2D eigenvalue weighted by atomic mass is 16.1. The molecule has 1 heteroatoms. The predicted octanol–water partition coefficient (Wildman–Crippen LogP) is 3.08. The molecule has 0 aromatic heterocycles. The smallest absolute Gasteiger partial charge is 0.159 e. The molecule has 0 bridgehead atoms. The zero-order valence-corrected chi connectivity index (χ0v) is 7.92. The van der Waals surface area contributed by atoms with Crippen LogP contribution in [0.1, 0.15) is 29.8 Å². The minimum Gasteiger partial charge on any atom is -0.295 e. The molecule has 0 atom stereocenters. The topological polar surface area (TPSA) is 17.1 Å². The molecule has 1 rings (SSSR count). The van der Waals surface area contributed by atoms with Crippen molar-refractivity contribution in [3.63, 3.8) is 0 Å². The van der Waals surface area contributed by atoms with Crippen LogP contribution in [-0.2, 0) is 0 Å². The summed E-state index contributed by atoms with van der Waals surface area (Å²) in [5.41, 5.74) is 5.60. The van der Waals surface area contributed by atoms with Gasteiger partial charge in [-0.05, 0) is 25.0 Å². The van der Waals surface area contributed by atoms with Crippen LogP contribution in [0.5, 0.6) is 0 Å². The van der Waals surface area contributed by atoms with Gasteiger partial charge in [-0.25, -0.2) is 0 Å². The van der Waals surface area contributed by atoms with Crippen molar-refractivity contribution in [2.24, 2.45) is 0 Å². The molecule has 0 amide bonds. The van der Waals surface area contributed by atoms with Gasteiger partial charge in [0.1, 0.15) is 0 Å². The van der Waals surface area contributed by atoms with E-state index < -0.39 is 0 Å². The summed E-state index contributed by atoms with van der Waals surface area (Å²) < 4.78 is 0. The van der Waals surface area contributed by atoms with E-state index in [4.69, 9.17) is 0 Å². The van der Waals surface area contributed by atoms with Crippen molar-refractivity contribution in [2.45, 2.75) is 13.8 Å². The molecule has 0 aliphatic rings. The Morgan fingerprint density at radius 3 is 2.00 bits per heavy atom. The average Bonchev–Trinajstić information content (AvgIpc) is 2.17. The van der Waals surface area contributed by atoms with Gasteiger partial charge in [-0.3, -0.25) is 4.79 Å². The van der Waals surface area contributed by atoms with Crippen molar-refractivity contribution in [3.05, 3.63) is 47.7 Å². The third-order valence-electron chi connectivity index (χ3n) is 1.99. The summed E-state index contributed by atoms with van der Waals surface area (Å²) in [7, 11) is 0. The highest BCUT2D eigenvalue weighted by Gasteiger charge is 1.98. The molecule has 1 aromatic carbocycles. The lowest BCUT2D eigenvalue weighted by molar-refractivity contribution is 0.101. The van der Waals surface area contributed by atoms with E-state index in [0.29, 0.717) is 0 Å². The molecule has 1 aromatic rings. The lowest BCUT2D eigenvalue weighted by Gasteiger charge is -1.99. The second-order valence-electron chi connectivity index (χ2n) is 2.94. The molecule has 0 aliphatic carbocycles. The van der Waals surface area contributed by atoms with Gasteiger partial charge in [0.05, 0.1) is 0 Å². The van der Waals surface area contributed by atoms with Crippen molar-refractivity contribution in [1.82, 2.24) is 0 Å². The van der Waals surface area contributed by atoms with E-state index in [1.54, 1.807) is 6.92 Å². The van der Waals surface area contributed by atoms with Gasteiger partial charge in [0.15, 0.2) is 5.78 Å². The van der Waals surface area contributed by atoms with Gasteiger partial charge in [-0.15, -0.1) is 5.73 Å². The molecule has 0 heterocycles. The fraction of sp³-hybridized carbons (Fsp3) is 0.167. The Hall–Kier alpha value is -1.59. The first kappa shape index (κ1) is 9.50. The number of allylic oxidation sites excluding steroid dienone is 1. The number of carbonyl (C=O) groups excluding carboxylic acids is 1. The van der Waals surface area contributed by atoms with E-state index in [1.807, 2.05) is 31.2 Å². The Kier molecular flexibility index (Phi) is 2.84. The summed E-state index contributed by atoms with van der Waals surface area (Å²) in [6, 6.07) is 7.45. The zero-order valence-electron chi connectivity index (χ0n) is 7.92. The van der Waals surface area contributed by atoms with Crippen molar-refractivity contribution in [2.75, 3.05) is 0 Å². The number of hydrogen-bond donors (Lipinski definition) is 0. The molecule has 0 fully saturated rings. The second-order valence-corrected chi connectivity index (χ2v) is 2.94. The van der Waals surface area contributed by atoms with Crippen molar-refractivity contribution >= 4 is 11.4 Å². The standard InChI is InChI=1S/C12H12O/c1-4-9(2)11-5-7-12(8-6-11)10(3)13/h5-8H,1H2,2-3H3. The van der Waals surface area contributed by atoms with E-state index in [9.17, 15) is 4.79 Å². The Labute approximate surface area is 78.4 Å². The second kappa shape index (κ2) is 3.88. The van der Waals surface area contributed by atoms with Crippen LogP contribution in [0.25, 0.3) is 5.57 Å². The SMILES string of the molecule is C=C=C(C)c1ccc(C(C)=O)cc1. The van der Waals surface area contributed by atoms with E-state index in [0.717, 1.165) is 16.7 Å². The predicted molar refractivity (Wildman–Crippen MR) is 54.7 cm³/mol. The Balaban J connectivity index is 3.07. The van der Waals surface area contributed by atoms with E-state index in [1.165, 1.54) is 0 Å². The summed E-state index contributed by atoms with van der Waals surface area (Å²) in [4.78, 5) is 11.0. The van der Waals surface area contributed by atoms with Crippen LogP contribution in [0.15, 0.2) is 36.6 Å². The maximum absolute atomic E-state index is 11.0. The molecular weight excluding hydrogens is 160 g/mol. The van der Waals surface area contributed by atoms with Gasteiger partial charge in [0.2, 0.25) is 0 Å². The van der Waals surface area contributed by atoms with Crippen LogP contribution in [0.3, 0.4) is 0 Å². The first-order chi connectivity index (χ1) is 6.15. The Morgan fingerprint density at radius 2 is 1.62 bits per heavy atom. The quantitative estimate of drug-likeness (QED) is 0.495. The lowest BCUT2D eigenvalue weighted by atomic mass is 10.0. The van der Waals surface area contributed by atoms with Gasteiger partial charge < -0.3 is 0 Å². The number of ketones is 1. The van der Waals surface area contributed by atoms with Crippen molar-refractivity contribution < 1.29 is 4.79 Å². The molecule has 0 saturated heterocycles. The summed E-state index contributed by atoms with van der Waals surface area (Å²) >= 11 is 0. The molecular formula is C12H12O. The minimum absolute atomic E-state index is 0.0896. The fourth-order valence-electron chi connectivity index (χ4n) is 1.06. The monoisotopic (exact) mass is 172 g/mol. The lowest BCUT2D eigenvalue weighted by Crippen LogP contribution is -1.91. The highest BCUT2D eigenvalue weighted by molar-refractivity contribution is 5.94. The van der Waals surface area contributed by atoms with Gasteiger partial charge in [-0.1, -0.05) is 30.8 Å². The summed E-state index contributed by atoms with van der Waals surface area (Å²) in [6.07, 6.45) is 0. The number of Topliss-reactive ketones (excluding diaryl/α,β-unsaturated/α-hetero) is 1. The zero-order chi connectivity index (χ0) is 9.84. The van der Waals surface area contributed by atoms with Crippen LogP contribution < -0.4 is 0 Å². The molecule has 0 radical (unpaired) electrons. The fourth-order valence-corrected chi connectivity index (χ4v) is 1.06. The molecule has 0 saturated carbocycles. The van der Waals surface area contributed by atoms with Crippen LogP contribution in [0.4, 0.5) is 0 Å². The Bertz CT molecular complexity index is 365. The van der Waals surface area contributed by atoms with Gasteiger partial charge in [0, 0.05) is 5.56 Å². The summed E-state index contributed by atoms with van der Waals surface area (Å²) in [5, 5.41) is 0. The Morgan fingerprint density at radius 1 is 1.15 bits per heavy atom. The maximum Gasteiger partial charge on any atom is 0.159 e. The average molecular weight is 172 g/mol. The summed E-state index contributed by atoms with van der Waals surface area (Å²) in [5.74, 6) is 0.0896. The van der Waals surface area contributed by atoms with Gasteiger partial charge in [-0.2, -0.15) is 0 Å². The largest absolute Gasteiger partial charge is 0.295 e. The van der Waals surface area contributed by atoms with Crippen LogP contribution in [0.2, 0.25) is 0 Å². The maximum atomic E-state index is 11.0. The molecule has 0 N–H and O–H groups in total. The number of hydrogen-bond acceptors (Lipinski definition) is 1. The first-order valence-corrected chi connectivity index (χ1v) is 4.13. The van der Waals surface area contributed by atoms with Crippen LogP contribution in [0, 0.1) is 0 Å². The molecule has 0 spiro atoms. The van der Waals surface area contributed by atoms with Gasteiger partial charge >= 0.3 is 0 Å². The molecule has 0 unspecified atom stereocenters.